The highest BCUT2D eigenvalue weighted by Gasteiger charge is 2.21. The van der Waals surface area contributed by atoms with E-state index >= 15 is 0 Å². The number of nitrogens with zero attached hydrogens (tertiary/aromatic N) is 1. The highest BCUT2D eigenvalue weighted by atomic mass is 16.3. The predicted octanol–water partition coefficient (Wildman–Crippen LogP) is 17.1. The molecule has 0 spiro atoms. The Balaban J connectivity index is 1.08. The van der Waals surface area contributed by atoms with Gasteiger partial charge in [-0.1, -0.05) is 188 Å². The summed E-state index contributed by atoms with van der Waals surface area (Å²) in [4.78, 5) is 2.40. The molecule has 0 saturated heterocycles. The average Bonchev–Trinajstić information content (AvgIpc) is 3.73. The van der Waals surface area contributed by atoms with Gasteiger partial charge < -0.3 is 9.32 Å². The van der Waals surface area contributed by atoms with E-state index in [1.165, 1.54) is 50.1 Å². The van der Waals surface area contributed by atoms with Crippen LogP contribution in [0.1, 0.15) is 0 Å². The van der Waals surface area contributed by atoms with Crippen LogP contribution in [-0.4, -0.2) is 0 Å². The molecule has 0 amide bonds. The lowest BCUT2D eigenvalue weighted by molar-refractivity contribution is 0.669. The number of hydrogen-bond acceptors (Lipinski definition) is 2. The van der Waals surface area contributed by atoms with E-state index in [1.54, 1.807) is 0 Å². The van der Waals surface area contributed by atoms with E-state index in [0.29, 0.717) is 0 Å². The number of anilines is 3. The molecular formula is C60H41NO. The summed E-state index contributed by atoms with van der Waals surface area (Å²) in [5.74, 6) is 0. The van der Waals surface area contributed by atoms with Gasteiger partial charge in [0.2, 0.25) is 0 Å². The van der Waals surface area contributed by atoms with Crippen LogP contribution in [0.4, 0.5) is 17.1 Å². The van der Waals surface area contributed by atoms with Gasteiger partial charge in [0.1, 0.15) is 11.2 Å². The Hall–Kier alpha value is -8.20. The molecule has 0 aliphatic heterocycles. The first-order valence-electron chi connectivity index (χ1n) is 21.2. The van der Waals surface area contributed by atoms with Gasteiger partial charge in [-0.05, 0) is 122 Å². The Morgan fingerprint density at radius 2 is 0.661 bits per heavy atom. The molecule has 10 aromatic carbocycles. The number of fused-ring (bicyclic) bond motifs is 3. The fourth-order valence-corrected chi connectivity index (χ4v) is 8.91. The second-order valence-electron chi connectivity index (χ2n) is 15.7. The van der Waals surface area contributed by atoms with Crippen molar-refractivity contribution < 1.29 is 4.42 Å². The molecule has 0 radical (unpaired) electrons. The second kappa shape index (κ2) is 16.1. The van der Waals surface area contributed by atoms with Crippen LogP contribution in [-0.2, 0) is 0 Å². The first kappa shape index (κ1) is 36.8. The van der Waals surface area contributed by atoms with Crippen molar-refractivity contribution in [3.8, 4) is 66.8 Å². The van der Waals surface area contributed by atoms with Gasteiger partial charge in [0.25, 0.3) is 0 Å². The zero-order valence-corrected chi connectivity index (χ0v) is 34.0. The van der Waals surface area contributed by atoms with Crippen molar-refractivity contribution in [2.24, 2.45) is 0 Å². The number of benzene rings is 10. The van der Waals surface area contributed by atoms with Crippen molar-refractivity contribution in [3.05, 3.63) is 249 Å². The van der Waals surface area contributed by atoms with Gasteiger partial charge in [-0.2, -0.15) is 0 Å². The van der Waals surface area contributed by atoms with Crippen LogP contribution in [0.2, 0.25) is 0 Å². The summed E-state index contributed by atoms with van der Waals surface area (Å²) in [7, 11) is 0. The molecule has 1 aromatic heterocycles. The molecule has 0 N–H and O–H groups in total. The Morgan fingerprint density at radius 1 is 0.242 bits per heavy atom. The molecular weight excluding hydrogens is 751 g/mol. The molecule has 0 bridgehead atoms. The molecule has 0 fully saturated rings. The summed E-state index contributed by atoms with van der Waals surface area (Å²) in [5.41, 5.74) is 19.1. The number of hydrogen-bond donors (Lipinski definition) is 0. The summed E-state index contributed by atoms with van der Waals surface area (Å²) in [6, 6.07) is 89.2. The molecule has 11 rings (SSSR count). The highest BCUT2D eigenvalue weighted by Crippen LogP contribution is 2.46. The Morgan fingerprint density at radius 3 is 1.27 bits per heavy atom. The Bertz CT molecular complexity index is 3270. The number of furan rings is 1. The molecule has 2 nitrogen and oxygen atoms in total. The molecule has 1 heterocycles. The van der Waals surface area contributed by atoms with E-state index in [2.05, 4.69) is 241 Å². The van der Waals surface area contributed by atoms with Gasteiger partial charge in [0.15, 0.2) is 0 Å². The van der Waals surface area contributed by atoms with E-state index in [4.69, 9.17) is 4.42 Å². The zero-order chi connectivity index (χ0) is 41.2. The summed E-state index contributed by atoms with van der Waals surface area (Å²) in [5, 5.41) is 2.18. The van der Waals surface area contributed by atoms with Crippen LogP contribution < -0.4 is 4.90 Å². The highest BCUT2D eigenvalue weighted by molar-refractivity contribution is 6.07. The number of rotatable bonds is 9. The molecule has 62 heavy (non-hydrogen) atoms. The van der Waals surface area contributed by atoms with Crippen molar-refractivity contribution in [1.29, 1.82) is 0 Å². The summed E-state index contributed by atoms with van der Waals surface area (Å²) in [6.07, 6.45) is 0. The predicted molar refractivity (Wildman–Crippen MR) is 261 cm³/mol. The third-order valence-electron chi connectivity index (χ3n) is 11.9. The van der Waals surface area contributed by atoms with Crippen LogP contribution in [0.5, 0.6) is 0 Å². The Labute approximate surface area is 362 Å². The van der Waals surface area contributed by atoms with Crippen molar-refractivity contribution in [3.63, 3.8) is 0 Å². The SMILES string of the molecule is c1ccc(-c2cc(-c3ccccc3)cc(-c3ccc(N(c4ccc5oc6ccccc6c5c4)c4ccccc4-c4ccccc4-c4ccccc4-c4ccccc4)cc3)c2)cc1. The molecule has 11 aromatic rings. The summed E-state index contributed by atoms with van der Waals surface area (Å²) in [6.45, 7) is 0. The van der Waals surface area contributed by atoms with Gasteiger partial charge in [-0.15, -0.1) is 0 Å². The van der Waals surface area contributed by atoms with Gasteiger partial charge in [0.05, 0.1) is 5.69 Å². The molecule has 0 unspecified atom stereocenters. The lowest BCUT2D eigenvalue weighted by atomic mass is 9.88. The summed E-state index contributed by atoms with van der Waals surface area (Å²) < 4.78 is 6.33. The maximum atomic E-state index is 6.33. The fourth-order valence-electron chi connectivity index (χ4n) is 8.91. The largest absolute Gasteiger partial charge is 0.456 e. The maximum Gasteiger partial charge on any atom is 0.135 e. The smallest absolute Gasteiger partial charge is 0.135 e. The lowest BCUT2D eigenvalue weighted by Gasteiger charge is -2.29. The van der Waals surface area contributed by atoms with Crippen molar-refractivity contribution >= 4 is 39.0 Å². The van der Waals surface area contributed by atoms with Crippen LogP contribution in [0.3, 0.4) is 0 Å². The third-order valence-corrected chi connectivity index (χ3v) is 11.9. The summed E-state index contributed by atoms with van der Waals surface area (Å²) >= 11 is 0. The van der Waals surface area contributed by atoms with E-state index in [9.17, 15) is 0 Å². The standard InChI is InChI=1S/C60H41NO/c1-4-18-42(19-5-1)46-38-47(43-20-6-2-7-21-43)40-48(39-46)44-32-34-49(35-33-44)61(50-36-37-60-57(41-50)56-29-15-17-31-59(56)62-60)58-30-16-14-28-55(58)54-27-13-12-26-53(54)52-25-11-10-24-51(52)45-22-8-3-9-23-45/h1-41H. The van der Waals surface area contributed by atoms with Crippen LogP contribution in [0.15, 0.2) is 253 Å². The third kappa shape index (κ3) is 6.94. The second-order valence-corrected chi connectivity index (χ2v) is 15.7. The minimum atomic E-state index is 0.869. The van der Waals surface area contributed by atoms with Gasteiger partial charge in [0, 0.05) is 27.7 Å². The van der Waals surface area contributed by atoms with E-state index in [1.807, 2.05) is 12.1 Å². The Kier molecular flexibility index (Phi) is 9.57. The number of para-hydroxylation sites is 2. The van der Waals surface area contributed by atoms with Crippen molar-refractivity contribution in [1.82, 2.24) is 0 Å². The maximum absolute atomic E-state index is 6.33. The molecule has 292 valence electrons. The molecule has 0 aliphatic carbocycles. The van der Waals surface area contributed by atoms with Crippen LogP contribution >= 0.6 is 0 Å². The first-order valence-corrected chi connectivity index (χ1v) is 21.2. The topological polar surface area (TPSA) is 16.4 Å². The average molecular weight is 792 g/mol. The molecule has 0 saturated carbocycles. The van der Waals surface area contributed by atoms with E-state index < -0.39 is 0 Å². The normalized spacial score (nSPS) is 11.2. The van der Waals surface area contributed by atoms with Gasteiger partial charge >= 0.3 is 0 Å². The molecule has 2 heteroatoms. The molecule has 0 atom stereocenters. The van der Waals surface area contributed by atoms with E-state index in [-0.39, 0.29) is 0 Å². The van der Waals surface area contributed by atoms with Crippen LogP contribution in [0.25, 0.3) is 88.7 Å². The minimum absolute atomic E-state index is 0.869. The molecule has 0 aliphatic rings. The van der Waals surface area contributed by atoms with Crippen molar-refractivity contribution in [2.75, 3.05) is 4.90 Å². The minimum Gasteiger partial charge on any atom is -0.456 e. The first-order chi connectivity index (χ1) is 30.7. The zero-order valence-electron chi connectivity index (χ0n) is 34.0. The van der Waals surface area contributed by atoms with Crippen molar-refractivity contribution in [2.45, 2.75) is 0 Å². The monoisotopic (exact) mass is 791 g/mol. The van der Waals surface area contributed by atoms with Gasteiger partial charge in [-0.3, -0.25) is 0 Å². The van der Waals surface area contributed by atoms with E-state index in [0.717, 1.165) is 55.7 Å². The van der Waals surface area contributed by atoms with Crippen LogP contribution in [0, 0.1) is 0 Å². The lowest BCUT2D eigenvalue weighted by Crippen LogP contribution is -2.11. The fraction of sp³-hybridized carbons (Fsp3) is 0. The quantitative estimate of drug-likeness (QED) is 0.145. The van der Waals surface area contributed by atoms with Gasteiger partial charge in [-0.25, -0.2) is 0 Å².